The molecule has 3 aliphatic heterocycles. The molecule has 3 atom stereocenters. The number of rotatable bonds is 4. The number of methoxy groups -OCH3 is 1. The van der Waals surface area contributed by atoms with Crippen LogP contribution in [0.25, 0.3) is 0 Å². The number of hydrogen-bond acceptors (Lipinski definition) is 4. The monoisotopic (exact) mass is 436 g/mol. The second-order valence-electron chi connectivity index (χ2n) is 8.32. The highest BCUT2D eigenvalue weighted by atomic mass is 35.5. The van der Waals surface area contributed by atoms with E-state index in [1.54, 1.807) is 7.11 Å². The first-order chi connectivity index (χ1) is 13.2. The van der Waals surface area contributed by atoms with E-state index in [4.69, 9.17) is 9.47 Å². The van der Waals surface area contributed by atoms with Crippen molar-refractivity contribution in [2.24, 2.45) is 11.8 Å². The van der Waals surface area contributed by atoms with Gasteiger partial charge in [0.1, 0.15) is 11.5 Å². The van der Waals surface area contributed by atoms with Crippen molar-refractivity contribution in [3.8, 4) is 11.5 Å². The Labute approximate surface area is 186 Å². The summed E-state index contributed by atoms with van der Waals surface area (Å²) in [5.41, 5.74) is 4.22. The van der Waals surface area contributed by atoms with Gasteiger partial charge in [0.2, 0.25) is 0 Å². The van der Waals surface area contributed by atoms with Crippen molar-refractivity contribution >= 4 is 24.8 Å². The fourth-order valence-electron chi connectivity index (χ4n) is 5.38. The van der Waals surface area contributed by atoms with Gasteiger partial charge in [-0.25, -0.2) is 0 Å². The van der Waals surface area contributed by atoms with Crippen LogP contribution in [0.5, 0.6) is 11.5 Å². The average Bonchev–Trinajstić information content (AvgIpc) is 3.36. The lowest BCUT2D eigenvalue weighted by Gasteiger charge is -2.27. The van der Waals surface area contributed by atoms with Gasteiger partial charge in [0.15, 0.2) is 0 Å². The molecule has 6 heteroatoms. The third kappa shape index (κ3) is 4.22. The molecule has 0 bridgehead atoms. The van der Waals surface area contributed by atoms with E-state index in [2.05, 4.69) is 59.3 Å². The molecule has 0 aromatic heterocycles. The lowest BCUT2D eigenvalue weighted by atomic mass is 9.89. The Morgan fingerprint density at radius 1 is 1.03 bits per heavy atom. The molecule has 0 spiro atoms. The summed E-state index contributed by atoms with van der Waals surface area (Å²) in [7, 11) is 4.00. The summed E-state index contributed by atoms with van der Waals surface area (Å²) >= 11 is 0. The van der Waals surface area contributed by atoms with Crippen LogP contribution in [0.1, 0.15) is 22.7 Å². The van der Waals surface area contributed by atoms with Crippen molar-refractivity contribution in [3.05, 3.63) is 59.2 Å². The molecule has 4 nitrogen and oxygen atoms in total. The fourth-order valence-corrected chi connectivity index (χ4v) is 5.38. The highest BCUT2D eigenvalue weighted by Crippen LogP contribution is 2.44. The van der Waals surface area contributed by atoms with Crippen LogP contribution in [0, 0.1) is 11.8 Å². The molecule has 29 heavy (non-hydrogen) atoms. The van der Waals surface area contributed by atoms with E-state index in [1.165, 1.54) is 36.3 Å². The van der Waals surface area contributed by atoms with E-state index >= 15 is 0 Å². The number of halogens is 2. The molecule has 2 fully saturated rings. The second kappa shape index (κ2) is 9.13. The molecule has 0 saturated carbocycles. The maximum Gasteiger partial charge on any atom is 0.122 e. The van der Waals surface area contributed by atoms with Crippen LogP contribution in [-0.2, 0) is 13.0 Å². The van der Waals surface area contributed by atoms with Crippen molar-refractivity contribution in [1.82, 2.24) is 9.80 Å². The van der Waals surface area contributed by atoms with E-state index in [1.807, 2.05) is 0 Å². The van der Waals surface area contributed by atoms with Gasteiger partial charge in [-0.2, -0.15) is 0 Å². The molecule has 0 aliphatic carbocycles. The standard InChI is InChI=1S/C23H28N2O2.2ClH/c1-24-13-19-14-25(12-16-3-8-22-18(11-16)9-10-27-22)15-21(19)23(24)17-4-6-20(26-2)7-5-17;;/h3-8,11,19,21,23H,9-10,12-15H2,1-2H3;2*1H/t19-,21+,23-;;/m0../s1. The summed E-state index contributed by atoms with van der Waals surface area (Å²) in [4.78, 5) is 5.19. The summed E-state index contributed by atoms with van der Waals surface area (Å²) in [5.74, 6) is 3.49. The van der Waals surface area contributed by atoms with Gasteiger partial charge in [-0.3, -0.25) is 9.80 Å². The first-order valence-electron chi connectivity index (χ1n) is 10.0. The molecule has 0 radical (unpaired) electrons. The Kier molecular flexibility index (Phi) is 7.00. The maximum atomic E-state index is 5.65. The molecule has 158 valence electrons. The quantitative estimate of drug-likeness (QED) is 0.716. The molecular formula is C23H30Cl2N2O2. The van der Waals surface area contributed by atoms with Gasteiger partial charge >= 0.3 is 0 Å². The molecule has 3 heterocycles. The van der Waals surface area contributed by atoms with E-state index in [0.29, 0.717) is 12.0 Å². The fraction of sp³-hybridized carbons (Fsp3) is 0.478. The molecule has 2 aromatic carbocycles. The predicted molar refractivity (Wildman–Crippen MR) is 121 cm³/mol. The smallest absolute Gasteiger partial charge is 0.122 e. The van der Waals surface area contributed by atoms with Crippen LogP contribution in [0.15, 0.2) is 42.5 Å². The number of fused-ring (bicyclic) bond motifs is 2. The number of nitrogens with zero attached hydrogens (tertiary/aromatic N) is 2. The average molecular weight is 437 g/mol. The van der Waals surface area contributed by atoms with Gasteiger partial charge in [0.25, 0.3) is 0 Å². The van der Waals surface area contributed by atoms with Crippen LogP contribution >= 0.6 is 24.8 Å². The summed E-state index contributed by atoms with van der Waals surface area (Å²) in [6.07, 6.45) is 1.05. The lowest BCUT2D eigenvalue weighted by Crippen LogP contribution is -2.28. The van der Waals surface area contributed by atoms with E-state index in [9.17, 15) is 0 Å². The van der Waals surface area contributed by atoms with Crippen molar-refractivity contribution < 1.29 is 9.47 Å². The van der Waals surface area contributed by atoms with Gasteiger partial charge in [-0.05, 0) is 53.8 Å². The normalized spacial score (nSPS) is 25.5. The summed E-state index contributed by atoms with van der Waals surface area (Å²) in [5, 5.41) is 0. The molecule has 2 saturated heterocycles. The van der Waals surface area contributed by atoms with Crippen LogP contribution in [0.3, 0.4) is 0 Å². The van der Waals surface area contributed by atoms with Gasteiger partial charge in [0, 0.05) is 38.6 Å². The van der Waals surface area contributed by atoms with Crippen molar-refractivity contribution in [2.75, 3.05) is 40.4 Å². The predicted octanol–water partition coefficient (Wildman–Crippen LogP) is 4.21. The van der Waals surface area contributed by atoms with E-state index in [-0.39, 0.29) is 24.8 Å². The van der Waals surface area contributed by atoms with E-state index in [0.717, 1.165) is 37.0 Å². The largest absolute Gasteiger partial charge is 0.497 e. The minimum atomic E-state index is 0. The molecule has 5 rings (SSSR count). The summed E-state index contributed by atoms with van der Waals surface area (Å²) < 4.78 is 11.0. The van der Waals surface area contributed by atoms with Crippen LogP contribution in [0.4, 0.5) is 0 Å². The topological polar surface area (TPSA) is 24.9 Å². The number of benzene rings is 2. The van der Waals surface area contributed by atoms with E-state index < -0.39 is 0 Å². The van der Waals surface area contributed by atoms with Crippen molar-refractivity contribution in [1.29, 1.82) is 0 Å². The molecule has 0 N–H and O–H groups in total. The molecule has 0 unspecified atom stereocenters. The van der Waals surface area contributed by atoms with Gasteiger partial charge in [-0.15, -0.1) is 24.8 Å². The van der Waals surface area contributed by atoms with Crippen LogP contribution in [-0.4, -0.2) is 50.2 Å². The molecule has 0 amide bonds. The number of hydrogen-bond donors (Lipinski definition) is 0. The Balaban J connectivity index is 0.00000120. The Morgan fingerprint density at radius 3 is 2.59 bits per heavy atom. The highest BCUT2D eigenvalue weighted by molar-refractivity contribution is 5.85. The van der Waals surface area contributed by atoms with Crippen molar-refractivity contribution in [2.45, 2.75) is 19.0 Å². The minimum Gasteiger partial charge on any atom is -0.497 e. The number of likely N-dealkylation sites (tertiary alicyclic amines) is 2. The minimum absolute atomic E-state index is 0. The zero-order chi connectivity index (χ0) is 18.4. The zero-order valence-electron chi connectivity index (χ0n) is 17.0. The Bertz CT molecular complexity index is 830. The van der Waals surface area contributed by atoms with Crippen molar-refractivity contribution in [3.63, 3.8) is 0 Å². The number of ether oxygens (including phenoxy) is 2. The Hall–Kier alpha value is -1.46. The SMILES string of the molecule is COc1ccc([C@H]2[C@@H]3CN(Cc4ccc5c(c4)CCO5)C[C@@H]3CN2C)cc1.Cl.Cl. The van der Waals surface area contributed by atoms with Gasteiger partial charge in [-0.1, -0.05) is 24.3 Å². The highest BCUT2D eigenvalue weighted by Gasteiger charge is 2.45. The molecule has 2 aromatic rings. The van der Waals surface area contributed by atoms with Gasteiger partial charge in [0.05, 0.1) is 13.7 Å². The van der Waals surface area contributed by atoms with Crippen LogP contribution in [0.2, 0.25) is 0 Å². The molecule has 3 aliphatic rings. The third-order valence-corrected chi connectivity index (χ3v) is 6.59. The lowest BCUT2D eigenvalue weighted by molar-refractivity contribution is 0.224. The first-order valence-corrected chi connectivity index (χ1v) is 10.0. The zero-order valence-corrected chi connectivity index (χ0v) is 18.7. The molecular weight excluding hydrogens is 407 g/mol. The maximum absolute atomic E-state index is 5.65. The van der Waals surface area contributed by atoms with Gasteiger partial charge < -0.3 is 9.47 Å². The third-order valence-electron chi connectivity index (χ3n) is 6.59. The summed E-state index contributed by atoms with van der Waals surface area (Å²) in [6, 6.07) is 15.9. The summed E-state index contributed by atoms with van der Waals surface area (Å²) in [6.45, 7) is 5.46. The van der Waals surface area contributed by atoms with Crippen LogP contribution < -0.4 is 9.47 Å². The Morgan fingerprint density at radius 2 is 1.83 bits per heavy atom. The first kappa shape index (κ1) is 22.2. The second-order valence-corrected chi connectivity index (χ2v) is 8.32.